The van der Waals surface area contributed by atoms with Gasteiger partial charge in [0.1, 0.15) is 0 Å². The molecular weight excluding hydrogens is 340 g/mol. The van der Waals surface area contributed by atoms with Crippen molar-refractivity contribution in [3.63, 3.8) is 0 Å². The van der Waals surface area contributed by atoms with Gasteiger partial charge in [-0.05, 0) is 36.5 Å². The van der Waals surface area contributed by atoms with Crippen molar-refractivity contribution in [2.24, 2.45) is 5.92 Å². The fourth-order valence-electron chi connectivity index (χ4n) is 3.56. The van der Waals surface area contributed by atoms with Crippen molar-refractivity contribution in [3.8, 4) is 11.4 Å². The summed E-state index contributed by atoms with van der Waals surface area (Å²) in [5.41, 5.74) is 2.33. The van der Waals surface area contributed by atoms with Crippen LogP contribution in [0.5, 0.6) is 0 Å². The molecule has 1 saturated carbocycles. The Balaban J connectivity index is 1.59. The molecule has 26 heavy (non-hydrogen) atoms. The molecule has 4 rings (SSSR count). The maximum atomic E-state index is 4.53. The van der Waals surface area contributed by atoms with Crippen LogP contribution in [-0.2, 0) is 6.54 Å². The molecular formula is C21H24N4S. The Labute approximate surface area is 159 Å². The van der Waals surface area contributed by atoms with Crippen molar-refractivity contribution in [1.82, 2.24) is 19.7 Å². The van der Waals surface area contributed by atoms with E-state index in [0.29, 0.717) is 0 Å². The van der Waals surface area contributed by atoms with Crippen LogP contribution in [0.2, 0.25) is 0 Å². The molecule has 0 N–H and O–H groups in total. The molecule has 1 aromatic carbocycles. The number of rotatable bonds is 6. The van der Waals surface area contributed by atoms with E-state index in [1.165, 1.54) is 37.7 Å². The van der Waals surface area contributed by atoms with Crippen LogP contribution in [0.25, 0.3) is 11.4 Å². The summed E-state index contributed by atoms with van der Waals surface area (Å²) in [6, 6.07) is 14.5. The highest BCUT2D eigenvalue weighted by Crippen LogP contribution is 2.31. The molecule has 0 unspecified atom stereocenters. The van der Waals surface area contributed by atoms with Crippen LogP contribution in [0.4, 0.5) is 0 Å². The first-order chi connectivity index (χ1) is 12.9. The highest BCUT2D eigenvalue weighted by molar-refractivity contribution is 7.99. The molecule has 1 fully saturated rings. The van der Waals surface area contributed by atoms with Gasteiger partial charge in [0.25, 0.3) is 0 Å². The van der Waals surface area contributed by atoms with E-state index in [9.17, 15) is 0 Å². The van der Waals surface area contributed by atoms with Gasteiger partial charge in [-0.15, -0.1) is 10.2 Å². The SMILES string of the molecule is c1ccc(Cn2c(SCC3CCCCC3)nnc2-c2ccncc2)cc1. The van der Waals surface area contributed by atoms with Crippen LogP contribution in [0, 0.1) is 5.92 Å². The van der Waals surface area contributed by atoms with Crippen LogP contribution in [0.1, 0.15) is 37.7 Å². The number of thioether (sulfide) groups is 1. The molecule has 1 aliphatic rings. The van der Waals surface area contributed by atoms with Gasteiger partial charge in [0.2, 0.25) is 0 Å². The third-order valence-corrected chi connectivity index (χ3v) is 6.21. The van der Waals surface area contributed by atoms with Gasteiger partial charge in [0.15, 0.2) is 11.0 Å². The summed E-state index contributed by atoms with van der Waals surface area (Å²) < 4.78 is 2.25. The lowest BCUT2D eigenvalue weighted by atomic mass is 9.91. The maximum Gasteiger partial charge on any atom is 0.191 e. The lowest BCUT2D eigenvalue weighted by molar-refractivity contribution is 0.390. The molecule has 5 heteroatoms. The number of benzene rings is 1. The second-order valence-electron chi connectivity index (χ2n) is 6.93. The van der Waals surface area contributed by atoms with Crippen molar-refractivity contribution in [1.29, 1.82) is 0 Å². The first-order valence-corrected chi connectivity index (χ1v) is 10.4. The van der Waals surface area contributed by atoms with E-state index in [4.69, 9.17) is 0 Å². The first-order valence-electron chi connectivity index (χ1n) is 9.40. The fourth-order valence-corrected chi connectivity index (χ4v) is 4.69. The van der Waals surface area contributed by atoms with E-state index in [2.05, 4.69) is 50.1 Å². The molecule has 1 aliphatic carbocycles. The quantitative estimate of drug-likeness (QED) is 0.573. The Morgan fingerprint density at radius 2 is 1.69 bits per heavy atom. The molecule has 2 aromatic heterocycles. The molecule has 0 bridgehead atoms. The lowest BCUT2D eigenvalue weighted by Crippen LogP contribution is -2.10. The van der Waals surface area contributed by atoms with Crippen molar-refractivity contribution >= 4 is 11.8 Å². The van der Waals surface area contributed by atoms with E-state index in [-0.39, 0.29) is 0 Å². The summed E-state index contributed by atoms with van der Waals surface area (Å²) in [5.74, 6) is 2.88. The molecule has 0 radical (unpaired) electrons. The molecule has 0 aliphatic heterocycles. The van der Waals surface area contributed by atoms with Gasteiger partial charge in [-0.1, -0.05) is 61.4 Å². The Morgan fingerprint density at radius 1 is 0.923 bits per heavy atom. The molecule has 0 spiro atoms. The largest absolute Gasteiger partial charge is 0.298 e. The number of hydrogen-bond donors (Lipinski definition) is 0. The van der Waals surface area contributed by atoms with Crippen molar-refractivity contribution in [3.05, 3.63) is 60.4 Å². The second-order valence-corrected chi connectivity index (χ2v) is 7.92. The van der Waals surface area contributed by atoms with Gasteiger partial charge in [0.05, 0.1) is 6.54 Å². The van der Waals surface area contributed by atoms with Gasteiger partial charge in [-0.25, -0.2) is 0 Å². The molecule has 3 aromatic rings. The van der Waals surface area contributed by atoms with Gasteiger partial charge in [0, 0.05) is 23.7 Å². The highest BCUT2D eigenvalue weighted by Gasteiger charge is 2.18. The predicted molar refractivity (Wildman–Crippen MR) is 106 cm³/mol. The molecule has 0 saturated heterocycles. The Hall–Kier alpha value is -2.14. The molecule has 2 heterocycles. The van der Waals surface area contributed by atoms with Gasteiger partial charge >= 0.3 is 0 Å². The average molecular weight is 365 g/mol. The standard InChI is InChI=1S/C21H24N4S/c1-3-7-17(8-4-1)15-25-20(19-11-13-22-14-12-19)23-24-21(25)26-16-18-9-5-2-6-10-18/h1,3-4,7-8,11-14,18H,2,5-6,9-10,15-16H2. The van der Waals surface area contributed by atoms with Crippen molar-refractivity contribution < 1.29 is 0 Å². The molecule has 0 atom stereocenters. The third kappa shape index (κ3) is 4.15. The highest BCUT2D eigenvalue weighted by atomic mass is 32.2. The van der Waals surface area contributed by atoms with E-state index in [1.54, 1.807) is 0 Å². The third-order valence-electron chi connectivity index (χ3n) is 5.01. The summed E-state index contributed by atoms with van der Waals surface area (Å²) in [5, 5.41) is 10.1. The zero-order valence-corrected chi connectivity index (χ0v) is 15.7. The topological polar surface area (TPSA) is 43.6 Å². The minimum Gasteiger partial charge on any atom is -0.298 e. The van der Waals surface area contributed by atoms with Crippen LogP contribution >= 0.6 is 11.8 Å². The molecule has 134 valence electrons. The number of hydrogen-bond acceptors (Lipinski definition) is 4. The number of pyridine rings is 1. The van der Waals surface area contributed by atoms with E-state index >= 15 is 0 Å². The second kappa shape index (κ2) is 8.49. The van der Waals surface area contributed by atoms with Crippen molar-refractivity contribution in [2.45, 2.75) is 43.8 Å². The minimum atomic E-state index is 0.790. The van der Waals surface area contributed by atoms with Gasteiger partial charge in [-0.3, -0.25) is 9.55 Å². The minimum absolute atomic E-state index is 0.790. The Kier molecular flexibility index (Phi) is 5.65. The smallest absolute Gasteiger partial charge is 0.191 e. The summed E-state index contributed by atoms with van der Waals surface area (Å²) in [6.45, 7) is 0.790. The normalized spacial score (nSPS) is 15.2. The lowest BCUT2D eigenvalue weighted by Gasteiger charge is -2.20. The summed E-state index contributed by atoms with van der Waals surface area (Å²) in [6.07, 6.45) is 10.5. The number of nitrogens with zero attached hydrogens (tertiary/aromatic N) is 4. The fraction of sp³-hybridized carbons (Fsp3) is 0.381. The Bertz CT molecular complexity index is 811. The van der Waals surface area contributed by atoms with Crippen molar-refractivity contribution in [2.75, 3.05) is 5.75 Å². The van der Waals surface area contributed by atoms with Crippen LogP contribution in [-0.4, -0.2) is 25.5 Å². The molecule has 4 nitrogen and oxygen atoms in total. The summed E-state index contributed by atoms with van der Waals surface area (Å²) in [7, 11) is 0. The Morgan fingerprint density at radius 3 is 2.46 bits per heavy atom. The summed E-state index contributed by atoms with van der Waals surface area (Å²) in [4.78, 5) is 4.13. The first kappa shape index (κ1) is 17.3. The van der Waals surface area contributed by atoms with Crippen LogP contribution in [0.3, 0.4) is 0 Å². The zero-order valence-electron chi connectivity index (χ0n) is 14.9. The zero-order chi connectivity index (χ0) is 17.6. The average Bonchev–Trinajstić information content (AvgIpc) is 3.11. The van der Waals surface area contributed by atoms with E-state index in [1.807, 2.05) is 36.3 Å². The monoisotopic (exact) mass is 364 g/mol. The van der Waals surface area contributed by atoms with Crippen LogP contribution in [0.15, 0.2) is 60.0 Å². The predicted octanol–water partition coefficient (Wildman–Crippen LogP) is 5.06. The van der Waals surface area contributed by atoms with Gasteiger partial charge in [-0.2, -0.15) is 0 Å². The maximum absolute atomic E-state index is 4.53. The molecule has 0 amide bonds. The van der Waals surface area contributed by atoms with E-state index in [0.717, 1.165) is 34.8 Å². The van der Waals surface area contributed by atoms with E-state index < -0.39 is 0 Å². The summed E-state index contributed by atoms with van der Waals surface area (Å²) >= 11 is 1.86. The van der Waals surface area contributed by atoms with Crippen LogP contribution < -0.4 is 0 Å². The van der Waals surface area contributed by atoms with Gasteiger partial charge < -0.3 is 0 Å². The number of aromatic nitrogens is 4.